The first-order chi connectivity index (χ1) is 4.74. The minimum Gasteiger partial charge on any atom is -0.211 e. The molecule has 0 bridgehead atoms. The fourth-order valence-corrected chi connectivity index (χ4v) is 1.63. The van der Waals surface area contributed by atoms with E-state index in [4.69, 9.17) is 0 Å². The Morgan fingerprint density at radius 3 is 2.70 bits per heavy atom. The molecule has 0 atom stereocenters. The molecular formula is C7H7NOS. The van der Waals surface area contributed by atoms with Crippen LogP contribution in [0.15, 0.2) is 11.1 Å². The molecule has 0 aliphatic heterocycles. The highest BCUT2D eigenvalue weighted by atomic mass is 32.1. The number of nitrogens with zero attached hydrogens (tertiary/aromatic N) is 1. The Morgan fingerprint density at radius 1 is 1.60 bits per heavy atom. The number of rotatable bonds is 1. The van der Waals surface area contributed by atoms with Crippen LogP contribution in [0.4, 0.5) is 5.00 Å². The highest BCUT2D eigenvalue weighted by Gasteiger charge is 1.98. The van der Waals surface area contributed by atoms with Crippen LogP contribution in [0, 0.1) is 13.8 Å². The molecule has 0 radical (unpaired) electrons. The van der Waals surface area contributed by atoms with E-state index in [1.807, 2.05) is 19.9 Å². The van der Waals surface area contributed by atoms with Crippen LogP contribution in [0.2, 0.25) is 0 Å². The molecule has 52 valence electrons. The standard InChI is InChI=1S/C7H7NOS/c1-5-3-6(2)10-7(5)8-4-9/h3H,1-2H3. The molecule has 0 aliphatic rings. The van der Waals surface area contributed by atoms with Crippen LogP contribution < -0.4 is 0 Å². The highest BCUT2D eigenvalue weighted by molar-refractivity contribution is 7.15. The molecule has 1 rings (SSSR count). The number of thiophene rings is 1. The number of aryl methyl sites for hydroxylation is 2. The zero-order valence-electron chi connectivity index (χ0n) is 5.84. The van der Waals surface area contributed by atoms with Gasteiger partial charge in [-0.2, -0.15) is 4.99 Å². The van der Waals surface area contributed by atoms with Crippen LogP contribution in [0.5, 0.6) is 0 Å². The molecule has 2 nitrogen and oxygen atoms in total. The second-order valence-electron chi connectivity index (χ2n) is 2.05. The average Bonchev–Trinajstić information content (AvgIpc) is 2.13. The topological polar surface area (TPSA) is 29.4 Å². The summed E-state index contributed by atoms with van der Waals surface area (Å²) in [5.74, 6) is 0. The predicted octanol–water partition coefficient (Wildman–Crippen LogP) is 2.33. The molecule has 0 N–H and O–H groups in total. The monoisotopic (exact) mass is 153 g/mol. The second-order valence-corrected chi connectivity index (χ2v) is 3.28. The van der Waals surface area contributed by atoms with Gasteiger partial charge in [-0.25, -0.2) is 4.79 Å². The third kappa shape index (κ3) is 1.32. The van der Waals surface area contributed by atoms with E-state index in [0.29, 0.717) is 0 Å². The van der Waals surface area contributed by atoms with Gasteiger partial charge >= 0.3 is 0 Å². The first-order valence-electron chi connectivity index (χ1n) is 2.89. The van der Waals surface area contributed by atoms with Crippen LogP contribution in [0.25, 0.3) is 0 Å². The van der Waals surface area contributed by atoms with Gasteiger partial charge in [0.1, 0.15) is 5.00 Å². The summed E-state index contributed by atoms with van der Waals surface area (Å²) in [5.41, 5.74) is 1.05. The first-order valence-corrected chi connectivity index (χ1v) is 3.70. The van der Waals surface area contributed by atoms with Gasteiger partial charge in [0, 0.05) is 4.88 Å². The van der Waals surface area contributed by atoms with Crippen molar-refractivity contribution in [1.29, 1.82) is 0 Å². The Labute approximate surface area is 63.2 Å². The van der Waals surface area contributed by atoms with E-state index in [1.54, 1.807) is 0 Å². The second kappa shape index (κ2) is 2.78. The van der Waals surface area contributed by atoms with Crippen molar-refractivity contribution < 1.29 is 4.79 Å². The Balaban J connectivity index is 3.14. The molecule has 0 aromatic carbocycles. The Morgan fingerprint density at radius 2 is 2.30 bits per heavy atom. The zero-order valence-corrected chi connectivity index (χ0v) is 6.66. The molecule has 0 unspecified atom stereocenters. The van der Waals surface area contributed by atoms with E-state index in [-0.39, 0.29) is 0 Å². The van der Waals surface area contributed by atoms with Gasteiger partial charge in [0.25, 0.3) is 0 Å². The fraction of sp³-hybridized carbons (Fsp3) is 0.286. The SMILES string of the molecule is Cc1cc(C)c(N=C=O)s1. The number of hydrogen-bond donors (Lipinski definition) is 0. The summed E-state index contributed by atoms with van der Waals surface area (Å²) in [6.07, 6.45) is 1.52. The lowest BCUT2D eigenvalue weighted by molar-refractivity contribution is 0.565. The van der Waals surface area contributed by atoms with Crippen LogP contribution in [-0.2, 0) is 4.79 Å². The van der Waals surface area contributed by atoms with Crippen molar-refractivity contribution in [3.05, 3.63) is 16.5 Å². The smallest absolute Gasteiger partial charge is 0.211 e. The molecule has 0 spiro atoms. The summed E-state index contributed by atoms with van der Waals surface area (Å²) >= 11 is 1.51. The van der Waals surface area contributed by atoms with E-state index >= 15 is 0 Å². The van der Waals surface area contributed by atoms with Gasteiger partial charge in [-0.3, -0.25) is 0 Å². The van der Waals surface area contributed by atoms with Crippen molar-refractivity contribution in [1.82, 2.24) is 0 Å². The van der Waals surface area contributed by atoms with Crippen LogP contribution in [0.1, 0.15) is 10.4 Å². The maximum Gasteiger partial charge on any atom is 0.241 e. The van der Waals surface area contributed by atoms with E-state index in [1.165, 1.54) is 22.3 Å². The van der Waals surface area contributed by atoms with Gasteiger partial charge in [-0.15, -0.1) is 11.3 Å². The predicted molar refractivity (Wildman–Crippen MR) is 41.6 cm³/mol. The number of carbonyl (C=O) groups excluding carboxylic acids is 1. The molecule has 0 saturated heterocycles. The van der Waals surface area contributed by atoms with E-state index < -0.39 is 0 Å². The van der Waals surface area contributed by atoms with Crippen molar-refractivity contribution in [2.24, 2.45) is 4.99 Å². The minimum atomic E-state index is 0.771. The van der Waals surface area contributed by atoms with Crippen LogP contribution >= 0.6 is 11.3 Å². The van der Waals surface area contributed by atoms with Gasteiger partial charge < -0.3 is 0 Å². The summed E-state index contributed by atoms with van der Waals surface area (Å²) < 4.78 is 0. The molecule has 3 heteroatoms. The Bertz CT molecular complexity index is 284. The largest absolute Gasteiger partial charge is 0.241 e. The summed E-state index contributed by atoms with van der Waals surface area (Å²) in [6, 6.07) is 2.00. The molecule has 0 amide bonds. The fourth-order valence-electron chi connectivity index (χ4n) is 0.782. The summed E-state index contributed by atoms with van der Waals surface area (Å²) in [4.78, 5) is 14.6. The molecule has 0 fully saturated rings. The van der Waals surface area contributed by atoms with Crippen LogP contribution in [-0.4, -0.2) is 6.08 Å². The number of hydrogen-bond acceptors (Lipinski definition) is 3. The van der Waals surface area contributed by atoms with E-state index in [9.17, 15) is 4.79 Å². The molecule has 10 heavy (non-hydrogen) atoms. The average molecular weight is 153 g/mol. The van der Waals surface area contributed by atoms with E-state index in [2.05, 4.69) is 4.99 Å². The molecule has 0 aliphatic carbocycles. The van der Waals surface area contributed by atoms with Gasteiger partial charge in [0.15, 0.2) is 0 Å². The first kappa shape index (κ1) is 7.19. The van der Waals surface area contributed by atoms with Crippen molar-refractivity contribution in [3.8, 4) is 0 Å². The third-order valence-electron chi connectivity index (χ3n) is 1.16. The molecular weight excluding hydrogens is 146 g/mol. The highest BCUT2D eigenvalue weighted by Crippen LogP contribution is 2.28. The summed E-state index contributed by atoms with van der Waals surface area (Å²) in [7, 11) is 0. The quantitative estimate of drug-likeness (QED) is 0.449. The number of aliphatic imine (C=N–C) groups is 1. The lowest BCUT2D eigenvalue weighted by atomic mass is 10.3. The van der Waals surface area contributed by atoms with Gasteiger partial charge in [0.2, 0.25) is 6.08 Å². The van der Waals surface area contributed by atoms with Crippen molar-refractivity contribution >= 4 is 22.4 Å². The van der Waals surface area contributed by atoms with Crippen molar-refractivity contribution in [2.45, 2.75) is 13.8 Å². The third-order valence-corrected chi connectivity index (χ3v) is 2.21. The van der Waals surface area contributed by atoms with E-state index in [0.717, 1.165) is 10.6 Å². The van der Waals surface area contributed by atoms with Gasteiger partial charge in [-0.1, -0.05) is 0 Å². The van der Waals surface area contributed by atoms with Crippen molar-refractivity contribution in [2.75, 3.05) is 0 Å². The van der Waals surface area contributed by atoms with Gasteiger partial charge in [-0.05, 0) is 25.5 Å². The molecule has 1 aromatic heterocycles. The number of isocyanates is 1. The van der Waals surface area contributed by atoms with Crippen molar-refractivity contribution in [3.63, 3.8) is 0 Å². The molecule has 1 aromatic rings. The lowest BCUT2D eigenvalue weighted by Gasteiger charge is -1.80. The Hall–Kier alpha value is -0.920. The minimum absolute atomic E-state index is 0.771. The van der Waals surface area contributed by atoms with Crippen LogP contribution in [0.3, 0.4) is 0 Å². The maximum absolute atomic E-state index is 9.85. The Kier molecular flexibility index (Phi) is 2.00. The normalized spacial score (nSPS) is 9.00. The molecule has 0 saturated carbocycles. The maximum atomic E-state index is 9.85. The van der Waals surface area contributed by atoms with Gasteiger partial charge in [0.05, 0.1) is 0 Å². The molecule has 1 heterocycles. The lowest BCUT2D eigenvalue weighted by Crippen LogP contribution is -1.59. The zero-order chi connectivity index (χ0) is 7.56. The summed E-state index contributed by atoms with van der Waals surface area (Å²) in [5, 5.41) is 0.771. The summed E-state index contributed by atoms with van der Waals surface area (Å²) in [6.45, 7) is 3.92.